The van der Waals surface area contributed by atoms with Gasteiger partial charge in [-0.05, 0) is 18.6 Å². The van der Waals surface area contributed by atoms with Gasteiger partial charge in [0.15, 0.2) is 0 Å². The van der Waals surface area contributed by atoms with Crippen LogP contribution in [0.1, 0.15) is 5.56 Å². The molecule has 1 aliphatic heterocycles. The number of carboxylic acids is 1. The van der Waals surface area contributed by atoms with Crippen molar-refractivity contribution in [2.45, 2.75) is 6.42 Å². The van der Waals surface area contributed by atoms with Gasteiger partial charge < -0.3 is 9.84 Å². The van der Waals surface area contributed by atoms with Crippen LogP contribution in [-0.4, -0.2) is 17.7 Å². The van der Waals surface area contributed by atoms with E-state index >= 15 is 0 Å². The van der Waals surface area contributed by atoms with Crippen molar-refractivity contribution < 1.29 is 14.6 Å². The van der Waals surface area contributed by atoms with Crippen molar-refractivity contribution in [1.29, 1.82) is 0 Å². The highest BCUT2D eigenvalue weighted by atomic mass is 79.9. The summed E-state index contributed by atoms with van der Waals surface area (Å²) in [7, 11) is 0. The number of carboxylic acid groups (broad SMARTS) is 1. The van der Waals surface area contributed by atoms with Crippen LogP contribution in [0.2, 0.25) is 5.02 Å². The van der Waals surface area contributed by atoms with E-state index in [2.05, 4.69) is 15.9 Å². The Morgan fingerprint density at radius 3 is 3.00 bits per heavy atom. The van der Waals surface area contributed by atoms with Crippen molar-refractivity contribution in [2.75, 3.05) is 6.61 Å². The number of benzene rings is 1. The molecular weight excluding hydrogens is 283 g/mol. The molecule has 1 aliphatic rings. The first-order chi connectivity index (χ1) is 7.08. The van der Waals surface area contributed by atoms with Gasteiger partial charge >= 0.3 is 5.97 Å². The molecule has 0 fully saturated rings. The summed E-state index contributed by atoms with van der Waals surface area (Å²) in [6.07, 6.45) is 0.475. The summed E-state index contributed by atoms with van der Waals surface area (Å²) in [6, 6.07) is 3.45. The Balaban J connectivity index is 2.37. The molecule has 0 saturated heterocycles. The van der Waals surface area contributed by atoms with Crippen LogP contribution in [0.5, 0.6) is 5.75 Å². The standard InChI is InChI=1S/C10H8BrClO3/c11-8-2-6(12)3-9-7(8)1-5(4-15-9)10(13)14/h2-3,5H,1,4H2,(H,13,14)/t5-/m1/s1. The van der Waals surface area contributed by atoms with Crippen molar-refractivity contribution in [2.24, 2.45) is 5.92 Å². The molecule has 0 aliphatic carbocycles. The number of aliphatic carboxylic acids is 1. The number of hydrogen-bond donors (Lipinski definition) is 1. The first kappa shape index (κ1) is 10.8. The molecule has 0 unspecified atom stereocenters. The van der Waals surface area contributed by atoms with Crippen LogP contribution < -0.4 is 4.74 Å². The van der Waals surface area contributed by atoms with E-state index in [0.29, 0.717) is 17.2 Å². The molecule has 80 valence electrons. The van der Waals surface area contributed by atoms with Crippen LogP contribution in [0, 0.1) is 5.92 Å². The van der Waals surface area contributed by atoms with Crippen LogP contribution in [-0.2, 0) is 11.2 Å². The molecule has 2 rings (SSSR count). The number of ether oxygens (including phenoxy) is 1. The average molecular weight is 292 g/mol. The molecule has 0 saturated carbocycles. The summed E-state index contributed by atoms with van der Waals surface area (Å²) < 4.78 is 6.17. The Morgan fingerprint density at radius 2 is 2.33 bits per heavy atom. The third-order valence-electron chi connectivity index (χ3n) is 2.36. The van der Waals surface area contributed by atoms with E-state index in [0.717, 1.165) is 10.0 Å². The van der Waals surface area contributed by atoms with E-state index < -0.39 is 11.9 Å². The van der Waals surface area contributed by atoms with Crippen LogP contribution in [0.4, 0.5) is 0 Å². The zero-order chi connectivity index (χ0) is 11.0. The maximum Gasteiger partial charge on any atom is 0.310 e. The molecule has 1 aromatic carbocycles. The predicted molar refractivity (Wildman–Crippen MR) is 59.5 cm³/mol. The van der Waals surface area contributed by atoms with Gasteiger partial charge in [-0.1, -0.05) is 27.5 Å². The lowest BCUT2D eigenvalue weighted by molar-refractivity contribution is -0.143. The molecule has 0 bridgehead atoms. The van der Waals surface area contributed by atoms with E-state index in [-0.39, 0.29) is 6.61 Å². The average Bonchev–Trinajstić information content (AvgIpc) is 2.16. The number of carbonyl (C=O) groups is 1. The maximum atomic E-state index is 10.8. The van der Waals surface area contributed by atoms with E-state index in [1.54, 1.807) is 12.1 Å². The van der Waals surface area contributed by atoms with Gasteiger partial charge in [-0.3, -0.25) is 4.79 Å². The van der Waals surface area contributed by atoms with Gasteiger partial charge in [0.1, 0.15) is 12.4 Å². The van der Waals surface area contributed by atoms with E-state index in [4.69, 9.17) is 21.4 Å². The largest absolute Gasteiger partial charge is 0.492 e. The van der Waals surface area contributed by atoms with Crippen LogP contribution in [0.15, 0.2) is 16.6 Å². The summed E-state index contributed by atoms with van der Waals surface area (Å²) in [6.45, 7) is 0.203. The second kappa shape index (κ2) is 4.02. The minimum Gasteiger partial charge on any atom is -0.492 e. The number of rotatable bonds is 1. The molecular formula is C10H8BrClO3. The third-order valence-corrected chi connectivity index (χ3v) is 3.28. The van der Waals surface area contributed by atoms with Crippen LogP contribution >= 0.6 is 27.5 Å². The molecule has 3 nitrogen and oxygen atoms in total. The molecule has 15 heavy (non-hydrogen) atoms. The molecule has 1 aromatic rings. The fraction of sp³-hybridized carbons (Fsp3) is 0.300. The van der Waals surface area contributed by atoms with Gasteiger partial charge in [0.05, 0.1) is 5.92 Å². The van der Waals surface area contributed by atoms with Crippen LogP contribution in [0.25, 0.3) is 0 Å². The number of fused-ring (bicyclic) bond motifs is 1. The smallest absolute Gasteiger partial charge is 0.310 e. The lowest BCUT2D eigenvalue weighted by atomic mass is 9.97. The minimum absolute atomic E-state index is 0.203. The fourth-order valence-electron chi connectivity index (χ4n) is 1.56. The number of halogens is 2. The van der Waals surface area contributed by atoms with E-state index in [9.17, 15) is 4.79 Å². The molecule has 0 spiro atoms. The molecule has 1 N–H and O–H groups in total. The predicted octanol–water partition coefficient (Wildman–Crippen LogP) is 2.74. The zero-order valence-corrected chi connectivity index (χ0v) is 10.0. The van der Waals surface area contributed by atoms with E-state index in [1.165, 1.54) is 0 Å². The highest BCUT2D eigenvalue weighted by Gasteiger charge is 2.27. The fourth-order valence-corrected chi connectivity index (χ4v) is 2.50. The minimum atomic E-state index is -0.831. The molecule has 1 heterocycles. The second-order valence-electron chi connectivity index (χ2n) is 3.41. The zero-order valence-electron chi connectivity index (χ0n) is 7.67. The molecule has 0 amide bonds. The topological polar surface area (TPSA) is 46.5 Å². The van der Waals surface area contributed by atoms with Crippen LogP contribution in [0.3, 0.4) is 0 Å². The summed E-state index contributed by atoms with van der Waals surface area (Å²) >= 11 is 9.21. The Labute approximate surface area is 100 Å². The summed E-state index contributed by atoms with van der Waals surface area (Å²) in [5.74, 6) is -0.635. The summed E-state index contributed by atoms with van der Waals surface area (Å²) in [5.41, 5.74) is 0.873. The normalized spacial score (nSPS) is 19.2. The third kappa shape index (κ3) is 2.11. The number of hydrogen-bond acceptors (Lipinski definition) is 2. The van der Waals surface area contributed by atoms with Crippen molar-refractivity contribution in [3.63, 3.8) is 0 Å². The summed E-state index contributed by atoms with van der Waals surface area (Å²) in [5, 5.41) is 9.47. The monoisotopic (exact) mass is 290 g/mol. The van der Waals surface area contributed by atoms with Gasteiger partial charge in [0, 0.05) is 15.1 Å². The van der Waals surface area contributed by atoms with Crippen molar-refractivity contribution in [1.82, 2.24) is 0 Å². The quantitative estimate of drug-likeness (QED) is 0.865. The Morgan fingerprint density at radius 1 is 1.60 bits per heavy atom. The van der Waals surface area contributed by atoms with E-state index in [1.807, 2.05) is 0 Å². The Hall–Kier alpha value is -0.740. The summed E-state index contributed by atoms with van der Waals surface area (Å²) in [4.78, 5) is 10.8. The van der Waals surface area contributed by atoms with Gasteiger partial charge in [-0.2, -0.15) is 0 Å². The highest BCUT2D eigenvalue weighted by Crippen LogP contribution is 2.36. The lowest BCUT2D eigenvalue weighted by Gasteiger charge is -2.23. The van der Waals surface area contributed by atoms with Crippen molar-refractivity contribution in [3.05, 3.63) is 27.2 Å². The first-order valence-corrected chi connectivity index (χ1v) is 5.58. The Kier molecular flexibility index (Phi) is 2.89. The highest BCUT2D eigenvalue weighted by molar-refractivity contribution is 9.10. The van der Waals surface area contributed by atoms with Crippen molar-refractivity contribution in [3.8, 4) is 5.75 Å². The SMILES string of the molecule is O=C(O)[C@H]1COc2cc(Cl)cc(Br)c2C1. The molecule has 0 radical (unpaired) electrons. The first-order valence-electron chi connectivity index (χ1n) is 4.41. The molecule has 0 aromatic heterocycles. The van der Waals surface area contributed by atoms with Gasteiger partial charge in [-0.15, -0.1) is 0 Å². The maximum absolute atomic E-state index is 10.8. The van der Waals surface area contributed by atoms with Gasteiger partial charge in [0.25, 0.3) is 0 Å². The molecule has 5 heteroatoms. The Bertz CT molecular complexity index is 419. The lowest BCUT2D eigenvalue weighted by Crippen LogP contribution is -2.28. The van der Waals surface area contributed by atoms with Crippen molar-refractivity contribution >= 4 is 33.5 Å². The molecule has 1 atom stereocenters. The van der Waals surface area contributed by atoms with Gasteiger partial charge in [0.2, 0.25) is 0 Å². The van der Waals surface area contributed by atoms with Gasteiger partial charge in [-0.25, -0.2) is 0 Å². The second-order valence-corrected chi connectivity index (χ2v) is 4.71.